The maximum Gasteiger partial charge on any atom is 0.492 e. The fourth-order valence-electron chi connectivity index (χ4n) is 1.54. The zero-order valence-electron chi connectivity index (χ0n) is 9.29. The van der Waals surface area contributed by atoms with Crippen LogP contribution in [-0.4, -0.2) is 32.5 Å². The summed E-state index contributed by atoms with van der Waals surface area (Å²) in [5, 5.41) is 0. The molecule has 1 rings (SSSR count). The zero-order valence-corrected chi connectivity index (χ0v) is 9.29. The molecule has 90 valence electrons. The maximum absolute atomic E-state index is 12.2. The first kappa shape index (κ1) is 12.9. The average Bonchev–Trinajstić information content (AvgIpc) is 2.15. The SMILES string of the molecule is COc1ccccc1CN(C)C[B-](F)(F)F. The van der Waals surface area contributed by atoms with E-state index in [-0.39, 0.29) is 6.54 Å². The smallest absolute Gasteiger partial charge is 0.492 e. The summed E-state index contributed by atoms with van der Waals surface area (Å²) in [4.78, 5) is 1.23. The van der Waals surface area contributed by atoms with Crippen LogP contribution < -0.4 is 4.74 Å². The Morgan fingerprint density at radius 1 is 1.25 bits per heavy atom. The van der Waals surface area contributed by atoms with E-state index in [1.54, 1.807) is 24.3 Å². The number of rotatable bonds is 5. The summed E-state index contributed by atoms with van der Waals surface area (Å²) in [7, 11) is 2.95. The highest BCUT2D eigenvalue weighted by Crippen LogP contribution is 2.19. The number of hydrogen-bond donors (Lipinski definition) is 0. The molecule has 0 atom stereocenters. The topological polar surface area (TPSA) is 12.5 Å². The van der Waals surface area contributed by atoms with Crippen molar-refractivity contribution in [1.82, 2.24) is 4.90 Å². The zero-order chi connectivity index (χ0) is 12.2. The van der Waals surface area contributed by atoms with Gasteiger partial charge in [-0.05, 0) is 19.6 Å². The first-order valence-electron chi connectivity index (χ1n) is 4.94. The van der Waals surface area contributed by atoms with Gasteiger partial charge in [-0.2, -0.15) is 0 Å². The van der Waals surface area contributed by atoms with Gasteiger partial charge in [0, 0.05) is 12.1 Å². The van der Waals surface area contributed by atoms with Gasteiger partial charge >= 0.3 is 6.98 Å². The van der Waals surface area contributed by atoms with Crippen LogP contribution in [0.15, 0.2) is 24.3 Å². The predicted molar refractivity (Wildman–Crippen MR) is 58.4 cm³/mol. The van der Waals surface area contributed by atoms with Gasteiger partial charge in [-0.15, -0.1) is 0 Å². The van der Waals surface area contributed by atoms with Gasteiger partial charge in [0.2, 0.25) is 0 Å². The molecular weight excluding hydrogens is 218 g/mol. The Hall–Kier alpha value is -1.17. The van der Waals surface area contributed by atoms with Gasteiger partial charge in [0.05, 0.1) is 7.11 Å². The monoisotopic (exact) mass is 232 g/mol. The van der Waals surface area contributed by atoms with Gasteiger partial charge in [0.1, 0.15) is 5.75 Å². The molecule has 1 aromatic rings. The van der Waals surface area contributed by atoms with E-state index in [4.69, 9.17) is 4.74 Å². The van der Waals surface area contributed by atoms with Gasteiger partial charge in [0.25, 0.3) is 0 Å². The Kier molecular flexibility index (Phi) is 4.23. The fraction of sp³-hybridized carbons (Fsp3) is 0.400. The first-order chi connectivity index (χ1) is 7.42. The number of nitrogens with zero attached hydrogens (tertiary/aromatic N) is 1. The molecule has 0 heterocycles. The number of hydrogen-bond acceptors (Lipinski definition) is 2. The molecule has 0 radical (unpaired) electrons. The van der Waals surface area contributed by atoms with E-state index in [2.05, 4.69) is 0 Å². The standard InChI is InChI=1S/C10H14BF3NO/c1-15(8-11(12,13)14)7-9-5-3-4-6-10(9)16-2/h3-6H,7-8H2,1-2H3/q-1. The summed E-state index contributed by atoms with van der Waals surface area (Å²) in [5.41, 5.74) is 0.757. The second-order valence-corrected chi connectivity index (χ2v) is 3.72. The Bertz CT molecular complexity index is 343. The van der Waals surface area contributed by atoms with Crippen LogP contribution >= 0.6 is 0 Å². The van der Waals surface area contributed by atoms with Crippen LogP contribution in [0, 0.1) is 0 Å². The Labute approximate surface area is 93.1 Å². The van der Waals surface area contributed by atoms with Crippen molar-refractivity contribution < 1.29 is 17.7 Å². The van der Waals surface area contributed by atoms with Gasteiger partial charge < -0.3 is 22.6 Å². The van der Waals surface area contributed by atoms with Crippen molar-refractivity contribution in [2.75, 3.05) is 20.6 Å². The number of halogens is 3. The summed E-state index contributed by atoms with van der Waals surface area (Å²) in [6, 6.07) is 7.07. The van der Waals surface area contributed by atoms with Gasteiger partial charge in [-0.3, -0.25) is 0 Å². The van der Waals surface area contributed by atoms with E-state index < -0.39 is 13.4 Å². The van der Waals surface area contributed by atoms with Gasteiger partial charge in [-0.25, -0.2) is 0 Å². The van der Waals surface area contributed by atoms with Crippen LogP contribution in [0.2, 0.25) is 0 Å². The van der Waals surface area contributed by atoms with E-state index in [9.17, 15) is 12.9 Å². The second kappa shape index (κ2) is 5.25. The largest absolute Gasteiger partial charge is 0.496 e. The van der Waals surface area contributed by atoms with E-state index in [0.717, 1.165) is 5.56 Å². The third-order valence-corrected chi connectivity index (χ3v) is 2.15. The third kappa shape index (κ3) is 4.14. The quantitative estimate of drug-likeness (QED) is 0.723. The molecule has 0 N–H and O–H groups in total. The molecule has 0 aliphatic rings. The van der Waals surface area contributed by atoms with Crippen molar-refractivity contribution in [3.05, 3.63) is 29.8 Å². The lowest BCUT2D eigenvalue weighted by Crippen LogP contribution is -2.35. The Balaban J connectivity index is 2.65. The second-order valence-electron chi connectivity index (χ2n) is 3.72. The lowest BCUT2D eigenvalue weighted by molar-refractivity contribution is 0.315. The number of methoxy groups -OCH3 is 1. The van der Waals surface area contributed by atoms with Crippen molar-refractivity contribution in [1.29, 1.82) is 0 Å². The lowest BCUT2D eigenvalue weighted by atomic mass is 9.91. The summed E-state index contributed by atoms with van der Waals surface area (Å²) in [5.74, 6) is 0.615. The van der Waals surface area contributed by atoms with Crippen molar-refractivity contribution >= 4 is 6.98 Å². The number of para-hydroxylation sites is 1. The Morgan fingerprint density at radius 3 is 2.44 bits per heavy atom. The Morgan fingerprint density at radius 2 is 1.88 bits per heavy atom. The minimum Gasteiger partial charge on any atom is -0.496 e. The first-order valence-corrected chi connectivity index (χ1v) is 4.94. The van der Waals surface area contributed by atoms with Crippen molar-refractivity contribution in [3.63, 3.8) is 0 Å². The maximum atomic E-state index is 12.2. The summed E-state index contributed by atoms with van der Waals surface area (Å²) < 4.78 is 41.6. The molecule has 2 nitrogen and oxygen atoms in total. The van der Waals surface area contributed by atoms with Crippen LogP contribution in [0.1, 0.15) is 5.56 Å². The minimum atomic E-state index is -4.78. The van der Waals surface area contributed by atoms with Crippen molar-refractivity contribution in [2.45, 2.75) is 6.54 Å². The van der Waals surface area contributed by atoms with Crippen LogP contribution in [0.4, 0.5) is 12.9 Å². The molecule has 0 aliphatic heterocycles. The van der Waals surface area contributed by atoms with Crippen LogP contribution in [0.3, 0.4) is 0 Å². The minimum absolute atomic E-state index is 0.227. The van der Waals surface area contributed by atoms with Crippen LogP contribution in [0.25, 0.3) is 0 Å². The molecule has 0 spiro atoms. The molecule has 0 aromatic heterocycles. The molecule has 1 aromatic carbocycles. The fourth-order valence-corrected chi connectivity index (χ4v) is 1.54. The highest BCUT2D eigenvalue weighted by molar-refractivity contribution is 6.58. The van der Waals surface area contributed by atoms with Crippen molar-refractivity contribution in [2.24, 2.45) is 0 Å². The molecule has 0 amide bonds. The predicted octanol–water partition coefficient (Wildman–Crippen LogP) is 2.51. The highest BCUT2D eigenvalue weighted by atomic mass is 19.4. The molecule has 0 saturated carbocycles. The molecule has 0 unspecified atom stereocenters. The van der Waals surface area contributed by atoms with Crippen molar-refractivity contribution in [3.8, 4) is 5.75 Å². The molecule has 6 heteroatoms. The van der Waals surface area contributed by atoms with E-state index in [1.165, 1.54) is 19.1 Å². The molecular formula is C10H14BF3NO-. The number of benzene rings is 1. The molecule has 0 bridgehead atoms. The number of ether oxygens (including phenoxy) is 1. The van der Waals surface area contributed by atoms with E-state index in [1.807, 2.05) is 0 Å². The lowest BCUT2D eigenvalue weighted by Gasteiger charge is -2.24. The highest BCUT2D eigenvalue weighted by Gasteiger charge is 2.25. The summed E-state index contributed by atoms with van der Waals surface area (Å²) >= 11 is 0. The molecule has 0 saturated heterocycles. The van der Waals surface area contributed by atoms with Crippen LogP contribution in [0.5, 0.6) is 5.75 Å². The summed E-state index contributed by atoms with van der Waals surface area (Å²) in [6.45, 7) is -4.55. The summed E-state index contributed by atoms with van der Waals surface area (Å²) in [6.07, 6.45) is -0.863. The molecule has 0 fully saturated rings. The average molecular weight is 232 g/mol. The van der Waals surface area contributed by atoms with Crippen LogP contribution in [-0.2, 0) is 6.54 Å². The normalized spacial score (nSPS) is 11.9. The van der Waals surface area contributed by atoms with E-state index >= 15 is 0 Å². The van der Waals surface area contributed by atoms with Gasteiger partial charge in [-0.1, -0.05) is 18.2 Å². The van der Waals surface area contributed by atoms with Gasteiger partial charge in [0.15, 0.2) is 0 Å². The molecule has 16 heavy (non-hydrogen) atoms. The molecule has 0 aliphatic carbocycles. The van der Waals surface area contributed by atoms with E-state index in [0.29, 0.717) is 5.75 Å². The third-order valence-electron chi connectivity index (χ3n) is 2.15.